The first-order valence-corrected chi connectivity index (χ1v) is 7.26. The fourth-order valence-electron chi connectivity index (χ4n) is 1.75. The first-order valence-electron chi connectivity index (χ1n) is 6.44. The van der Waals surface area contributed by atoms with E-state index in [1.165, 1.54) is 24.6 Å². The molecule has 1 saturated carbocycles. The Morgan fingerprint density at radius 1 is 1.37 bits per heavy atom. The van der Waals surface area contributed by atoms with Crippen LogP contribution in [-0.4, -0.2) is 31.7 Å². The van der Waals surface area contributed by atoms with Gasteiger partial charge in [-0.1, -0.05) is 0 Å². The maximum absolute atomic E-state index is 4.60. The molecule has 100 valence electrons. The van der Waals surface area contributed by atoms with Crippen LogP contribution in [0.15, 0.2) is 16.2 Å². The van der Waals surface area contributed by atoms with Crippen LogP contribution in [0.25, 0.3) is 0 Å². The van der Waals surface area contributed by atoms with Crippen molar-refractivity contribution in [2.24, 2.45) is 0 Å². The molecule has 2 heterocycles. The van der Waals surface area contributed by atoms with E-state index < -0.39 is 0 Å². The van der Waals surface area contributed by atoms with Crippen LogP contribution < -0.4 is 5.32 Å². The Hall–Kier alpha value is -1.63. The minimum atomic E-state index is 0.534. The van der Waals surface area contributed by atoms with E-state index >= 15 is 0 Å². The van der Waals surface area contributed by atoms with Crippen LogP contribution >= 0.6 is 11.8 Å². The van der Waals surface area contributed by atoms with Gasteiger partial charge in [-0.15, -0.1) is 5.10 Å². The van der Waals surface area contributed by atoms with Crippen LogP contribution in [0.3, 0.4) is 0 Å². The SMILES string of the molecule is CCNc1cc(Sc2n[nH]c(C)n2)nc(C2CC2)n1. The zero-order valence-corrected chi connectivity index (χ0v) is 11.8. The van der Waals surface area contributed by atoms with Crippen LogP contribution in [0.4, 0.5) is 5.82 Å². The van der Waals surface area contributed by atoms with Gasteiger partial charge in [0.2, 0.25) is 5.16 Å². The number of hydrogen-bond donors (Lipinski definition) is 2. The number of anilines is 1. The second-order valence-corrected chi connectivity index (χ2v) is 5.55. The van der Waals surface area contributed by atoms with Gasteiger partial charge in [-0.2, -0.15) is 0 Å². The predicted octanol–water partition coefficient (Wildman–Crippen LogP) is 2.36. The molecule has 19 heavy (non-hydrogen) atoms. The zero-order valence-electron chi connectivity index (χ0n) is 11.0. The van der Waals surface area contributed by atoms with E-state index in [0.29, 0.717) is 11.1 Å². The quantitative estimate of drug-likeness (QED) is 0.816. The van der Waals surface area contributed by atoms with E-state index in [2.05, 4.69) is 37.4 Å². The van der Waals surface area contributed by atoms with Gasteiger partial charge in [0, 0.05) is 18.5 Å². The van der Waals surface area contributed by atoms with Crippen molar-refractivity contribution in [1.82, 2.24) is 25.1 Å². The summed E-state index contributed by atoms with van der Waals surface area (Å²) in [6.45, 7) is 4.80. The lowest BCUT2D eigenvalue weighted by Crippen LogP contribution is -2.03. The van der Waals surface area contributed by atoms with Gasteiger partial charge in [0.25, 0.3) is 0 Å². The molecule has 1 aliphatic rings. The van der Waals surface area contributed by atoms with Gasteiger partial charge >= 0.3 is 0 Å². The van der Waals surface area contributed by atoms with Crippen LogP contribution in [0.2, 0.25) is 0 Å². The Kier molecular flexibility index (Phi) is 3.37. The summed E-state index contributed by atoms with van der Waals surface area (Å²) < 4.78 is 0. The second kappa shape index (κ2) is 5.16. The van der Waals surface area contributed by atoms with E-state index in [9.17, 15) is 0 Å². The summed E-state index contributed by atoms with van der Waals surface area (Å²) in [7, 11) is 0. The van der Waals surface area contributed by atoms with E-state index in [4.69, 9.17) is 0 Å². The van der Waals surface area contributed by atoms with Crippen LogP contribution in [0.5, 0.6) is 0 Å². The first-order chi connectivity index (χ1) is 9.24. The average Bonchev–Trinajstić information content (AvgIpc) is 3.14. The molecule has 7 heteroatoms. The molecule has 2 aromatic heterocycles. The molecule has 2 aromatic rings. The second-order valence-electron chi connectivity index (χ2n) is 4.56. The standard InChI is InChI=1S/C12H16N6S/c1-3-13-9-6-10(16-11(15-9)8-4-5-8)19-12-14-7(2)17-18-12/h6,8H,3-5H2,1-2H3,(H,13,15,16)(H,14,17,18). The normalized spacial score (nSPS) is 14.6. The monoisotopic (exact) mass is 276 g/mol. The predicted molar refractivity (Wildman–Crippen MR) is 73.4 cm³/mol. The van der Waals surface area contributed by atoms with Crippen molar-refractivity contribution in [2.45, 2.75) is 42.8 Å². The highest BCUT2D eigenvalue weighted by Gasteiger charge is 2.27. The van der Waals surface area contributed by atoms with E-state index in [-0.39, 0.29) is 0 Å². The molecule has 1 fully saturated rings. The smallest absolute Gasteiger partial charge is 0.214 e. The Morgan fingerprint density at radius 2 is 2.21 bits per heavy atom. The van der Waals surface area contributed by atoms with Crippen molar-refractivity contribution in [3.63, 3.8) is 0 Å². The number of hydrogen-bond acceptors (Lipinski definition) is 6. The van der Waals surface area contributed by atoms with E-state index in [1.807, 2.05) is 13.0 Å². The lowest BCUT2D eigenvalue weighted by atomic mass is 10.4. The maximum Gasteiger partial charge on any atom is 0.214 e. The highest BCUT2D eigenvalue weighted by Crippen LogP contribution is 2.39. The molecule has 1 aliphatic carbocycles. The van der Waals surface area contributed by atoms with Crippen molar-refractivity contribution in [3.05, 3.63) is 17.7 Å². The summed E-state index contributed by atoms with van der Waals surface area (Å²) in [5.41, 5.74) is 0. The summed E-state index contributed by atoms with van der Waals surface area (Å²) in [6.07, 6.45) is 2.39. The molecule has 0 spiro atoms. The maximum atomic E-state index is 4.60. The van der Waals surface area contributed by atoms with Crippen molar-refractivity contribution < 1.29 is 0 Å². The van der Waals surface area contributed by atoms with Crippen LogP contribution in [0, 0.1) is 6.92 Å². The topological polar surface area (TPSA) is 79.4 Å². The van der Waals surface area contributed by atoms with Crippen molar-refractivity contribution >= 4 is 17.6 Å². The van der Waals surface area contributed by atoms with E-state index in [1.54, 1.807) is 0 Å². The summed E-state index contributed by atoms with van der Waals surface area (Å²) in [4.78, 5) is 13.4. The minimum Gasteiger partial charge on any atom is -0.370 e. The summed E-state index contributed by atoms with van der Waals surface area (Å²) in [6, 6.07) is 1.95. The third-order valence-corrected chi connectivity index (χ3v) is 3.58. The number of aromatic amines is 1. The number of nitrogens with one attached hydrogen (secondary N) is 2. The molecule has 6 nitrogen and oxygen atoms in total. The third kappa shape index (κ3) is 3.04. The molecule has 0 aromatic carbocycles. The van der Waals surface area contributed by atoms with Gasteiger partial charge in [0.1, 0.15) is 22.5 Å². The highest BCUT2D eigenvalue weighted by atomic mass is 32.2. The number of aromatic nitrogens is 5. The van der Waals surface area contributed by atoms with Crippen LogP contribution in [0.1, 0.15) is 37.3 Å². The molecule has 0 aliphatic heterocycles. The molecule has 0 unspecified atom stereocenters. The lowest BCUT2D eigenvalue weighted by Gasteiger charge is -2.06. The Morgan fingerprint density at radius 3 is 2.84 bits per heavy atom. The van der Waals surface area contributed by atoms with Crippen molar-refractivity contribution in [1.29, 1.82) is 0 Å². The highest BCUT2D eigenvalue weighted by molar-refractivity contribution is 7.99. The Balaban J connectivity index is 1.86. The molecule has 0 saturated heterocycles. The first kappa shape index (κ1) is 12.4. The summed E-state index contributed by atoms with van der Waals surface area (Å²) in [5.74, 6) is 3.17. The molecule has 0 amide bonds. The summed E-state index contributed by atoms with van der Waals surface area (Å²) >= 11 is 1.46. The number of nitrogens with zero attached hydrogens (tertiary/aromatic N) is 4. The van der Waals surface area contributed by atoms with Gasteiger partial charge in [-0.3, -0.25) is 5.10 Å². The molecule has 0 bridgehead atoms. The van der Waals surface area contributed by atoms with Gasteiger partial charge in [0.15, 0.2) is 0 Å². The fraction of sp³-hybridized carbons (Fsp3) is 0.500. The lowest BCUT2D eigenvalue weighted by molar-refractivity contribution is 0.872. The van der Waals surface area contributed by atoms with Crippen molar-refractivity contribution in [2.75, 3.05) is 11.9 Å². The Bertz CT molecular complexity index is 577. The fourth-order valence-corrected chi connectivity index (χ4v) is 2.52. The van der Waals surface area contributed by atoms with E-state index in [0.717, 1.165) is 29.0 Å². The van der Waals surface area contributed by atoms with Crippen LogP contribution in [-0.2, 0) is 0 Å². The molecule has 0 radical (unpaired) electrons. The van der Waals surface area contributed by atoms with Gasteiger partial charge in [-0.25, -0.2) is 15.0 Å². The Labute approximate surface area is 115 Å². The number of rotatable bonds is 5. The summed E-state index contributed by atoms with van der Waals surface area (Å²) in [5, 5.41) is 11.8. The third-order valence-electron chi connectivity index (χ3n) is 2.79. The number of aryl methyl sites for hydroxylation is 1. The van der Waals surface area contributed by atoms with Gasteiger partial charge < -0.3 is 5.32 Å². The molecule has 3 rings (SSSR count). The molecular formula is C12H16N6S. The van der Waals surface area contributed by atoms with Gasteiger partial charge in [0.05, 0.1) is 0 Å². The zero-order chi connectivity index (χ0) is 13.2. The average molecular weight is 276 g/mol. The minimum absolute atomic E-state index is 0.534. The van der Waals surface area contributed by atoms with Gasteiger partial charge in [-0.05, 0) is 38.5 Å². The number of H-pyrrole nitrogens is 1. The largest absolute Gasteiger partial charge is 0.370 e. The molecule has 0 atom stereocenters. The molecular weight excluding hydrogens is 260 g/mol. The molecule has 2 N–H and O–H groups in total. The van der Waals surface area contributed by atoms with Crippen molar-refractivity contribution in [3.8, 4) is 0 Å².